The Morgan fingerprint density at radius 1 is 1.14 bits per heavy atom. The number of rotatable bonds is 1. The number of halogens is 3. The Balaban J connectivity index is 3.74. The fourth-order valence-electron chi connectivity index (χ4n) is 1.12. The summed E-state index contributed by atoms with van der Waals surface area (Å²) in [7, 11) is -4.70. The van der Waals surface area contributed by atoms with Crippen LogP contribution >= 0.6 is 31.9 Å². The largest absolute Gasteiger partial charge is 0.334 e. The number of aryl methyl sites for hydroxylation is 2. The molecule has 1 rings (SSSR count). The first kappa shape index (κ1) is 12.1. The first-order chi connectivity index (χ1) is 6.25. The molecule has 0 spiro atoms. The highest BCUT2D eigenvalue weighted by atomic mass is 79.9. The second-order valence-corrected chi connectivity index (χ2v) is 5.78. The normalized spacial score (nSPS) is 11.8. The van der Waals surface area contributed by atoms with Crippen molar-refractivity contribution in [3.63, 3.8) is 0 Å². The first-order valence-electron chi connectivity index (χ1n) is 3.65. The molecular weight excluding hydrogens is 339 g/mol. The number of hydrogen-bond acceptors (Lipinski definition) is 2. The molecule has 0 saturated carbocycles. The van der Waals surface area contributed by atoms with E-state index < -0.39 is 10.2 Å². The summed E-state index contributed by atoms with van der Waals surface area (Å²) >= 11 is 6.10. The van der Waals surface area contributed by atoms with Crippen LogP contribution in [0.25, 0.3) is 0 Å². The maximum absolute atomic E-state index is 12.9. The molecule has 1 aromatic carbocycles. The van der Waals surface area contributed by atoms with Gasteiger partial charge in [-0.15, -0.1) is 3.89 Å². The van der Waals surface area contributed by atoms with Gasteiger partial charge in [-0.3, -0.25) is 0 Å². The van der Waals surface area contributed by atoms with Gasteiger partial charge in [-0.25, -0.2) is 0 Å². The SMILES string of the molecule is Cc1cc(C)c(Br)c(S(=O)(=O)F)c1Br. The lowest BCUT2D eigenvalue weighted by molar-refractivity contribution is 0.550. The molecule has 0 N–H and O–H groups in total. The van der Waals surface area contributed by atoms with Crippen LogP contribution < -0.4 is 0 Å². The summed E-state index contributed by atoms with van der Waals surface area (Å²) in [6, 6.07) is 1.77. The van der Waals surface area contributed by atoms with Crippen LogP contribution in [0.5, 0.6) is 0 Å². The van der Waals surface area contributed by atoms with Gasteiger partial charge in [0.25, 0.3) is 0 Å². The molecule has 0 amide bonds. The van der Waals surface area contributed by atoms with Crippen LogP contribution in [-0.2, 0) is 10.2 Å². The minimum absolute atomic E-state index is 0.262. The highest BCUT2D eigenvalue weighted by Crippen LogP contribution is 2.35. The smallest absolute Gasteiger partial charge is 0.189 e. The van der Waals surface area contributed by atoms with Gasteiger partial charge in [0, 0.05) is 8.95 Å². The summed E-state index contributed by atoms with van der Waals surface area (Å²) in [6.45, 7) is 3.41. The molecule has 0 aromatic heterocycles. The fraction of sp³-hybridized carbons (Fsp3) is 0.250. The third kappa shape index (κ3) is 2.17. The van der Waals surface area contributed by atoms with Crippen molar-refractivity contribution in [2.45, 2.75) is 18.7 Å². The van der Waals surface area contributed by atoms with Crippen LogP contribution in [0.2, 0.25) is 0 Å². The van der Waals surface area contributed by atoms with Crippen molar-refractivity contribution in [2.24, 2.45) is 0 Å². The van der Waals surface area contributed by atoms with Crippen LogP contribution in [0.4, 0.5) is 3.89 Å². The van der Waals surface area contributed by atoms with Crippen LogP contribution in [0.15, 0.2) is 19.9 Å². The van der Waals surface area contributed by atoms with Crippen LogP contribution in [0, 0.1) is 13.8 Å². The van der Waals surface area contributed by atoms with Gasteiger partial charge in [-0.05, 0) is 56.8 Å². The van der Waals surface area contributed by atoms with Crippen LogP contribution in [-0.4, -0.2) is 8.42 Å². The molecule has 14 heavy (non-hydrogen) atoms. The summed E-state index contributed by atoms with van der Waals surface area (Å²) in [5, 5.41) is 0. The third-order valence-corrected chi connectivity index (χ3v) is 5.23. The van der Waals surface area contributed by atoms with Gasteiger partial charge in [-0.2, -0.15) is 8.42 Å². The van der Waals surface area contributed by atoms with Gasteiger partial charge in [0.2, 0.25) is 0 Å². The van der Waals surface area contributed by atoms with E-state index in [0.29, 0.717) is 11.1 Å². The van der Waals surface area contributed by atoms with Crippen molar-refractivity contribution >= 4 is 42.1 Å². The van der Waals surface area contributed by atoms with E-state index in [4.69, 9.17) is 0 Å². The van der Waals surface area contributed by atoms with E-state index in [-0.39, 0.29) is 13.8 Å². The average Bonchev–Trinajstić information content (AvgIpc) is 1.98. The highest BCUT2D eigenvalue weighted by molar-refractivity contribution is 9.11. The van der Waals surface area contributed by atoms with E-state index in [0.717, 1.165) is 0 Å². The standard InChI is InChI=1S/C8H7Br2FO2S/c1-4-3-5(2)7(10)8(6(4)9)14(11,12)13/h3H,1-2H3. The van der Waals surface area contributed by atoms with Crippen molar-refractivity contribution in [3.05, 3.63) is 26.1 Å². The van der Waals surface area contributed by atoms with Crippen molar-refractivity contribution in [1.82, 2.24) is 0 Å². The zero-order valence-corrected chi connectivity index (χ0v) is 11.4. The van der Waals surface area contributed by atoms with Crippen molar-refractivity contribution in [1.29, 1.82) is 0 Å². The van der Waals surface area contributed by atoms with Gasteiger partial charge in [0.05, 0.1) is 0 Å². The molecule has 2 nitrogen and oxygen atoms in total. The molecule has 1 aromatic rings. The van der Waals surface area contributed by atoms with Gasteiger partial charge in [0.15, 0.2) is 0 Å². The Kier molecular flexibility index (Phi) is 3.38. The minimum atomic E-state index is -4.70. The highest BCUT2D eigenvalue weighted by Gasteiger charge is 2.22. The van der Waals surface area contributed by atoms with Gasteiger partial charge < -0.3 is 0 Å². The quantitative estimate of drug-likeness (QED) is 0.730. The fourth-order valence-corrected chi connectivity index (χ4v) is 3.92. The Morgan fingerprint density at radius 2 is 1.50 bits per heavy atom. The molecule has 0 atom stereocenters. The Labute approximate surface area is 99.0 Å². The summed E-state index contributed by atoms with van der Waals surface area (Å²) in [4.78, 5) is -0.338. The second-order valence-electron chi connectivity index (χ2n) is 2.91. The molecule has 0 radical (unpaired) electrons. The Hall–Kier alpha value is 0.0600. The van der Waals surface area contributed by atoms with Crippen molar-refractivity contribution < 1.29 is 12.3 Å². The van der Waals surface area contributed by atoms with E-state index in [1.807, 2.05) is 0 Å². The zero-order valence-electron chi connectivity index (χ0n) is 7.44. The van der Waals surface area contributed by atoms with E-state index in [9.17, 15) is 12.3 Å². The molecule has 0 unspecified atom stereocenters. The molecule has 6 heteroatoms. The predicted octanol–water partition coefficient (Wildman–Crippen LogP) is 3.49. The lowest BCUT2D eigenvalue weighted by atomic mass is 10.2. The van der Waals surface area contributed by atoms with E-state index in [1.165, 1.54) is 0 Å². The Morgan fingerprint density at radius 3 is 1.79 bits per heavy atom. The molecule has 0 bridgehead atoms. The van der Waals surface area contributed by atoms with Crippen LogP contribution in [0.3, 0.4) is 0 Å². The maximum atomic E-state index is 12.9. The summed E-state index contributed by atoms with van der Waals surface area (Å²) in [5.74, 6) is 0. The average molecular weight is 346 g/mol. The minimum Gasteiger partial charge on any atom is -0.189 e. The molecule has 0 saturated heterocycles. The molecule has 0 heterocycles. The van der Waals surface area contributed by atoms with Gasteiger partial charge in [-0.1, -0.05) is 6.07 Å². The molecule has 0 aliphatic rings. The molecule has 0 aliphatic carbocycles. The second kappa shape index (κ2) is 3.90. The Bertz CT molecular complexity index is 456. The molecule has 0 aliphatic heterocycles. The summed E-state index contributed by atoms with van der Waals surface area (Å²) in [6.07, 6.45) is 0. The van der Waals surface area contributed by atoms with Gasteiger partial charge in [0.1, 0.15) is 4.90 Å². The maximum Gasteiger partial charge on any atom is 0.334 e. The van der Waals surface area contributed by atoms with E-state index in [2.05, 4.69) is 31.9 Å². The number of hydrogen-bond donors (Lipinski definition) is 0. The lowest BCUT2D eigenvalue weighted by Crippen LogP contribution is -1.98. The van der Waals surface area contributed by atoms with Crippen molar-refractivity contribution in [2.75, 3.05) is 0 Å². The zero-order chi connectivity index (χ0) is 11.1. The predicted molar refractivity (Wildman–Crippen MR) is 59.6 cm³/mol. The summed E-state index contributed by atoms with van der Waals surface area (Å²) < 4.78 is 35.1. The topological polar surface area (TPSA) is 34.1 Å². The number of benzene rings is 1. The van der Waals surface area contributed by atoms with E-state index in [1.54, 1.807) is 19.9 Å². The van der Waals surface area contributed by atoms with Crippen molar-refractivity contribution in [3.8, 4) is 0 Å². The van der Waals surface area contributed by atoms with Crippen LogP contribution in [0.1, 0.15) is 11.1 Å². The molecular formula is C8H7Br2FO2S. The van der Waals surface area contributed by atoms with E-state index >= 15 is 0 Å². The third-order valence-electron chi connectivity index (χ3n) is 1.77. The summed E-state index contributed by atoms with van der Waals surface area (Å²) in [5.41, 5.74) is 1.36. The lowest BCUT2D eigenvalue weighted by Gasteiger charge is -2.08. The first-order valence-corrected chi connectivity index (χ1v) is 6.62. The van der Waals surface area contributed by atoms with Gasteiger partial charge >= 0.3 is 10.2 Å². The monoisotopic (exact) mass is 344 g/mol. The molecule has 78 valence electrons. The molecule has 0 fully saturated rings.